The van der Waals surface area contributed by atoms with E-state index in [-0.39, 0.29) is 21.6 Å². The quantitative estimate of drug-likeness (QED) is 0.212. The Kier molecular flexibility index (Phi) is 8.80. The van der Waals surface area contributed by atoms with Crippen LogP contribution < -0.4 is 27.4 Å². The van der Waals surface area contributed by atoms with Crippen LogP contribution in [-0.4, -0.2) is 58.5 Å². The van der Waals surface area contributed by atoms with Crippen LogP contribution in [0, 0.1) is 11.6 Å². The van der Waals surface area contributed by atoms with Gasteiger partial charge in [-0.3, -0.25) is 14.2 Å². The standard InChI is InChI=1S/C29H28F2N8O4S/c1-32-22-12-13-23(35-34-22)39-26(40)24-19(14-37(2)3)25(16-8-10-17(11-9-16)33-28(41)36-43-4)44-27(24)38(29(39)42)15-18-20(30)6-5-7-21(18)31/h5-13H,14-15H2,1-4H3,(H,32,34)(H2,33,36,41). The lowest BCUT2D eigenvalue weighted by Gasteiger charge is -2.14. The fraction of sp³-hybridized carbons (Fsp3) is 0.207. The number of thiophene rings is 1. The molecule has 0 bridgehead atoms. The van der Waals surface area contributed by atoms with Crippen molar-refractivity contribution in [3.05, 3.63) is 98.2 Å². The summed E-state index contributed by atoms with van der Waals surface area (Å²) in [6.07, 6.45) is 0. The van der Waals surface area contributed by atoms with E-state index in [2.05, 4.69) is 31.1 Å². The highest BCUT2D eigenvalue weighted by atomic mass is 32.1. The molecular formula is C29H28F2N8O4S. The number of nitrogens with zero attached hydrogens (tertiary/aromatic N) is 5. The Labute approximate surface area is 253 Å². The Morgan fingerprint density at radius 2 is 1.70 bits per heavy atom. The van der Waals surface area contributed by atoms with Crippen LogP contribution in [0.2, 0.25) is 0 Å². The molecule has 5 rings (SSSR count). The van der Waals surface area contributed by atoms with E-state index in [1.165, 1.54) is 23.8 Å². The molecule has 0 radical (unpaired) electrons. The summed E-state index contributed by atoms with van der Waals surface area (Å²) in [7, 11) is 6.63. The van der Waals surface area contributed by atoms with Gasteiger partial charge >= 0.3 is 11.7 Å². The van der Waals surface area contributed by atoms with Gasteiger partial charge in [-0.2, -0.15) is 0 Å². The first kappa shape index (κ1) is 30.5. The van der Waals surface area contributed by atoms with Crippen LogP contribution in [-0.2, 0) is 17.9 Å². The van der Waals surface area contributed by atoms with Crippen LogP contribution in [0.4, 0.5) is 25.1 Å². The van der Waals surface area contributed by atoms with Gasteiger partial charge in [-0.15, -0.1) is 21.5 Å². The number of benzene rings is 2. The number of hydrogen-bond acceptors (Lipinski definition) is 9. The number of aromatic nitrogens is 4. The normalized spacial score (nSPS) is 11.2. The summed E-state index contributed by atoms with van der Waals surface area (Å²) in [4.78, 5) is 47.4. The molecule has 0 atom stereocenters. The molecule has 0 saturated heterocycles. The zero-order valence-corrected chi connectivity index (χ0v) is 25.0. The van der Waals surface area contributed by atoms with E-state index in [1.54, 1.807) is 37.4 Å². The van der Waals surface area contributed by atoms with Crippen LogP contribution in [0.1, 0.15) is 11.1 Å². The molecule has 0 aliphatic rings. The zero-order valence-electron chi connectivity index (χ0n) is 24.1. The van der Waals surface area contributed by atoms with E-state index in [0.717, 1.165) is 28.0 Å². The number of carbonyl (C=O) groups excluding carboxylic acids is 1. The van der Waals surface area contributed by atoms with Crippen molar-refractivity contribution in [1.82, 2.24) is 29.7 Å². The van der Waals surface area contributed by atoms with Gasteiger partial charge in [0.05, 0.1) is 19.0 Å². The van der Waals surface area contributed by atoms with Crippen LogP contribution in [0.3, 0.4) is 0 Å². The van der Waals surface area contributed by atoms with Crippen molar-refractivity contribution in [2.24, 2.45) is 0 Å². The van der Waals surface area contributed by atoms with Gasteiger partial charge in [-0.05, 0) is 61.6 Å². The van der Waals surface area contributed by atoms with E-state index in [1.807, 2.05) is 19.0 Å². The molecule has 3 heterocycles. The number of nitrogens with one attached hydrogen (secondary N) is 3. The predicted octanol–water partition coefficient (Wildman–Crippen LogP) is 3.78. The number of carbonyl (C=O) groups is 1. The summed E-state index contributed by atoms with van der Waals surface area (Å²) in [5, 5.41) is 13.7. The second-order valence-electron chi connectivity index (χ2n) is 9.90. The minimum atomic E-state index is -0.829. The van der Waals surface area contributed by atoms with Gasteiger partial charge in [0.25, 0.3) is 5.56 Å². The molecule has 0 spiro atoms. The molecule has 228 valence electrons. The molecule has 3 N–H and O–H groups in total. The first-order valence-electron chi connectivity index (χ1n) is 13.2. The Morgan fingerprint density at radius 3 is 2.30 bits per heavy atom. The predicted molar refractivity (Wildman–Crippen MR) is 164 cm³/mol. The molecule has 0 aliphatic heterocycles. The van der Waals surface area contributed by atoms with Gasteiger partial charge in [-0.25, -0.2) is 28.4 Å². The van der Waals surface area contributed by atoms with Crippen LogP contribution in [0.5, 0.6) is 0 Å². The number of hydrogen-bond donors (Lipinski definition) is 3. The van der Waals surface area contributed by atoms with Gasteiger partial charge in [0.2, 0.25) is 0 Å². The van der Waals surface area contributed by atoms with E-state index >= 15 is 0 Å². The molecule has 0 aliphatic carbocycles. The SMILES string of the molecule is CNc1ccc(-n2c(=O)c3c(CN(C)C)c(-c4ccc(NC(=O)NOC)cc4)sc3n(Cc3c(F)cccc3F)c2=O)nn1. The van der Waals surface area contributed by atoms with Crippen molar-refractivity contribution >= 4 is 39.1 Å². The molecule has 0 saturated carbocycles. The lowest BCUT2D eigenvalue weighted by atomic mass is 10.1. The Hall–Kier alpha value is -4.99. The minimum absolute atomic E-state index is 0.0445. The zero-order chi connectivity index (χ0) is 31.5. The number of hydroxylamine groups is 1. The molecule has 3 aromatic heterocycles. The fourth-order valence-electron chi connectivity index (χ4n) is 4.68. The summed E-state index contributed by atoms with van der Waals surface area (Å²) < 4.78 is 31.8. The van der Waals surface area contributed by atoms with Crippen molar-refractivity contribution in [1.29, 1.82) is 0 Å². The Bertz CT molecular complexity index is 1930. The third-order valence-electron chi connectivity index (χ3n) is 6.66. The number of fused-ring (bicyclic) bond motifs is 1. The molecule has 15 heteroatoms. The molecule has 44 heavy (non-hydrogen) atoms. The highest BCUT2D eigenvalue weighted by Gasteiger charge is 2.25. The van der Waals surface area contributed by atoms with E-state index in [0.29, 0.717) is 34.1 Å². The summed E-state index contributed by atoms with van der Waals surface area (Å²) in [6.45, 7) is -0.174. The smallest absolute Gasteiger partial charge is 0.343 e. The molecule has 12 nitrogen and oxygen atoms in total. The van der Waals surface area contributed by atoms with Gasteiger partial charge in [0.1, 0.15) is 22.3 Å². The summed E-state index contributed by atoms with van der Waals surface area (Å²) in [6, 6.07) is 12.8. The van der Waals surface area contributed by atoms with Crippen molar-refractivity contribution in [3.63, 3.8) is 0 Å². The third-order valence-corrected chi connectivity index (χ3v) is 7.96. The molecule has 0 unspecified atom stereocenters. The topological polar surface area (TPSA) is 135 Å². The van der Waals surface area contributed by atoms with Crippen molar-refractivity contribution in [2.75, 3.05) is 38.9 Å². The van der Waals surface area contributed by atoms with Crippen LogP contribution in [0.15, 0.2) is 64.2 Å². The Balaban J connectivity index is 1.79. The largest absolute Gasteiger partial charge is 0.372 e. The molecule has 2 aromatic carbocycles. The van der Waals surface area contributed by atoms with Crippen molar-refractivity contribution in [2.45, 2.75) is 13.1 Å². The maximum Gasteiger partial charge on any atom is 0.343 e. The molecule has 0 fully saturated rings. The lowest BCUT2D eigenvalue weighted by molar-refractivity contribution is 0.114. The second kappa shape index (κ2) is 12.7. The van der Waals surface area contributed by atoms with Crippen molar-refractivity contribution < 1.29 is 18.4 Å². The summed E-state index contributed by atoms with van der Waals surface area (Å²) in [5.41, 5.74) is 2.15. The van der Waals surface area contributed by atoms with Crippen LogP contribution in [0.25, 0.3) is 26.5 Å². The summed E-state index contributed by atoms with van der Waals surface area (Å²) >= 11 is 1.16. The van der Waals surface area contributed by atoms with Gasteiger partial charge in [0.15, 0.2) is 5.82 Å². The monoisotopic (exact) mass is 622 g/mol. The summed E-state index contributed by atoms with van der Waals surface area (Å²) in [5.74, 6) is -1.28. The van der Waals surface area contributed by atoms with E-state index < -0.39 is 35.5 Å². The van der Waals surface area contributed by atoms with E-state index in [9.17, 15) is 23.2 Å². The van der Waals surface area contributed by atoms with Gasteiger partial charge in [-0.1, -0.05) is 18.2 Å². The third kappa shape index (κ3) is 5.92. The van der Waals surface area contributed by atoms with Gasteiger partial charge in [0, 0.05) is 29.7 Å². The number of anilines is 2. The first-order valence-corrected chi connectivity index (χ1v) is 14.1. The number of rotatable bonds is 9. The van der Waals surface area contributed by atoms with Crippen LogP contribution >= 0.6 is 11.3 Å². The lowest BCUT2D eigenvalue weighted by Crippen LogP contribution is -2.39. The average Bonchev–Trinajstić information content (AvgIpc) is 3.36. The maximum atomic E-state index is 14.9. The number of urea groups is 1. The number of amides is 2. The van der Waals surface area contributed by atoms with Gasteiger partial charge < -0.3 is 15.5 Å². The highest BCUT2D eigenvalue weighted by Crippen LogP contribution is 2.38. The first-order chi connectivity index (χ1) is 21.1. The highest BCUT2D eigenvalue weighted by molar-refractivity contribution is 7.22. The minimum Gasteiger partial charge on any atom is -0.372 e. The molecular weight excluding hydrogens is 594 g/mol. The molecule has 5 aromatic rings. The Morgan fingerprint density at radius 1 is 1.00 bits per heavy atom. The van der Waals surface area contributed by atoms with E-state index in [4.69, 9.17) is 0 Å². The molecule has 2 amide bonds. The maximum absolute atomic E-state index is 14.9. The second-order valence-corrected chi connectivity index (χ2v) is 10.9. The fourth-order valence-corrected chi connectivity index (χ4v) is 5.99. The number of halogens is 2. The average molecular weight is 623 g/mol. The van der Waals surface area contributed by atoms with Crippen molar-refractivity contribution in [3.8, 4) is 16.3 Å².